The first kappa shape index (κ1) is 26.6. The third-order valence-corrected chi connectivity index (χ3v) is 11.2. The summed E-state index contributed by atoms with van der Waals surface area (Å²) in [5.41, 5.74) is -0.557. The van der Waals surface area contributed by atoms with Crippen LogP contribution in [0.15, 0.2) is 60.7 Å². The van der Waals surface area contributed by atoms with Gasteiger partial charge in [-0.05, 0) is 49.0 Å². The maximum absolute atomic E-state index is 12.0. The summed E-state index contributed by atoms with van der Waals surface area (Å²) < 4.78 is 17.9. The van der Waals surface area contributed by atoms with E-state index in [1.807, 2.05) is 32.9 Å². The van der Waals surface area contributed by atoms with E-state index in [4.69, 9.17) is 13.9 Å². The van der Waals surface area contributed by atoms with Crippen molar-refractivity contribution in [2.24, 2.45) is 0 Å². The van der Waals surface area contributed by atoms with Crippen LogP contribution in [0, 0.1) is 0 Å². The SMILES string of the molecule is CC(C)(C)OC(=O)CC(O)[C@H]1O[C@@H]1CCCO[Si](c1ccccc1)(c1ccccc1)C(C)(C)C. The minimum Gasteiger partial charge on any atom is -0.460 e. The monoisotopic (exact) mass is 484 g/mol. The molecule has 1 unspecified atom stereocenters. The molecule has 34 heavy (non-hydrogen) atoms. The first-order valence-electron chi connectivity index (χ1n) is 12.2. The lowest BCUT2D eigenvalue weighted by Crippen LogP contribution is -2.66. The van der Waals surface area contributed by atoms with E-state index in [1.54, 1.807) is 0 Å². The second-order valence-electron chi connectivity index (χ2n) is 11.2. The molecule has 6 heteroatoms. The van der Waals surface area contributed by atoms with Crippen LogP contribution in [0.25, 0.3) is 0 Å². The molecule has 3 atom stereocenters. The molecule has 1 heterocycles. The Morgan fingerprint density at radius 3 is 1.97 bits per heavy atom. The smallest absolute Gasteiger partial charge is 0.309 e. The highest BCUT2D eigenvalue weighted by Gasteiger charge is 2.50. The molecule has 3 rings (SSSR count). The lowest BCUT2D eigenvalue weighted by Gasteiger charge is -2.43. The molecule has 186 valence electrons. The zero-order chi connectivity index (χ0) is 25.0. The van der Waals surface area contributed by atoms with Gasteiger partial charge in [-0.25, -0.2) is 0 Å². The van der Waals surface area contributed by atoms with Crippen molar-refractivity contribution < 1.29 is 23.8 Å². The van der Waals surface area contributed by atoms with Crippen LogP contribution in [0.4, 0.5) is 0 Å². The van der Waals surface area contributed by atoms with Gasteiger partial charge >= 0.3 is 5.97 Å². The van der Waals surface area contributed by atoms with Crippen molar-refractivity contribution in [1.82, 2.24) is 0 Å². The normalized spacial score (nSPS) is 19.5. The number of ether oxygens (including phenoxy) is 2. The predicted molar refractivity (Wildman–Crippen MR) is 138 cm³/mol. The average molecular weight is 485 g/mol. The number of hydrogen-bond donors (Lipinski definition) is 1. The van der Waals surface area contributed by atoms with Crippen molar-refractivity contribution in [3.05, 3.63) is 60.7 Å². The topological polar surface area (TPSA) is 68.3 Å². The fourth-order valence-electron chi connectivity index (χ4n) is 4.67. The summed E-state index contributed by atoms with van der Waals surface area (Å²) in [4.78, 5) is 12.0. The second kappa shape index (κ2) is 10.7. The molecule has 1 fully saturated rings. The number of epoxide rings is 1. The summed E-state index contributed by atoms with van der Waals surface area (Å²) >= 11 is 0. The number of carbonyl (C=O) groups is 1. The minimum atomic E-state index is -2.54. The highest BCUT2D eigenvalue weighted by atomic mass is 28.4. The first-order chi connectivity index (χ1) is 15.9. The van der Waals surface area contributed by atoms with Crippen LogP contribution >= 0.6 is 0 Å². The summed E-state index contributed by atoms with van der Waals surface area (Å²) in [6.45, 7) is 12.9. The number of carbonyl (C=O) groups excluding carboxylic acids is 1. The van der Waals surface area contributed by atoms with Crippen LogP contribution in [-0.4, -0.2) is 49.9 Å². The molecule has 0 radical (unpaired) electrons. The molecule has 5 nitrogen and oxygen atoms in total. The van der Waals surface area contributed by atoms with Crippen LogP contribution in [0.5, 0.6) is 0 Å². The Balaban J connectivity index is 1.61. The molecule has 0 aliphatic carbocycles. The Morgan fingerprint density at radius 1 is 0.971 bits per heavy atom. The van der Waals surface area contributed by atoms with E-state index in [9.17, 15) is 9.90 Å². The zero-order valence-electron chi connectivity index (χ0n) is 21.4. The summed E-state index contributed by atoms with van der Waals surface area (Å²) in [5, 5.41) is 12.8. The van der Waals surface area contributed by atoms with Crippen LogP contribution in [0.2, 0.25) is 5.04 Å². The number of aliphatic hydroxyl groups is 1. The van der Waals surface area contributed by atoms with Gasteiger partial charge in [-0.15, -0.1) is 0 Å². The molecule has 0 saturated carbocycles. The lowest BCUT2D eigenvalue weighted by atomic mass is 10.1. The van der Waals surface area contributed by atoms with Gasteiger partial charge in [0.1, 0.15) is 11.7 Å². The fourth-order valence-corrected chi connectivity index (χ4v) is 9.27. The summed E-state index contributed by atoms with van der Waals surface area (Å²) in [7, 11) is -2.54. The number of hydrogen-bond acceptors (Lipinski definition) is 5. The first-order valence-corrected chi connectivity index (χ1v) is 14.2. The van der Waals surface area contributed by atoms with E-state index >= 15 is 0 Å². The van der Waals surface area contributed by atoms with Gasteiger partial charge in [0.25, 0.3) is 8.32 Å². The highest BCUT2D eigenvalue weighted by Crippen LogP contribution is 2.37. The molecule has 0 amide bonds. The molecule has 1 aliphatic rings. The summed E-state index contributed by atoms with van der Waals surface area (Å²) in [6, 6.07) is 21.2. The summed E-state index contributed by atoms with van der Waals surface area (Å²) in [5.74, 6) is -0.399. The lowest BCUT2D eigenvalue weighted by molar-refractivity contribution is -0.157. The standard InChI is InChI=1S/C28H40O5Si/c1-27(2,3)33-25(30)20-23(29)26-24(32-26)18-13-19-31-34(28(4,5)6,21-14-9-7-10-15-21)22-16-11-8-12-17-22/h7-12,14-17,23-24,26,29H,13,18-20H2,1-6H3/t23?,24-,26-/m1/s1. The van der Waals surface area contributed by atoms with Crippen LogP contribution in [-0.2, 0) is 18.7 Å². The Labute approximate surface area is 205 Å². The van der Waals surface area contributed by atoms with Crippen molar-refractivity contribution in [3.63, 3.8) is 0 Å². The predicted octanol–water partition coefficient (Wildman–Crippen LogP) is 4.20. The van der Waals surface area contributed by atoms with E-state index in [0.29, 0.717) is 6.61 Å². The Kier molecular flexibility index (Phi) is 8.40. The number of benzene rings is 2. The molecule has 0 bridgehead atoms. The zero-order valence-corrected chi connectivity index (χ0v) is 22.4. The van der Waals surface area contributed by atoms with Gasteiger partial charge < -0.3 is 19.0 Å². The fraction of sp³-hybridized carbons (Fsp3) is 0.536. The van der Waals surface area contributed by atoms with E-state index < -0.39 is 26.0 Å². The molecule has 0 spiro atoms. The maximum Gasteiger partial charge on any atom is 0.309 e. The van der Waals surface area contributed by atoms with Crippen molar-refractivity contribution in [2.75, 3.05) is 6.61 Å². The molecule has 0 aromatic heterocycles. The van der Waals surface area contributed by atoms with E-state index in [1.165, 1.54) is 10.4 Å². The largest absolute Gasteiger partial charge is 0.460 e. The quantitative estimate of drug-likeness (QED) is 0.237. The van der Waals surface area contributed by atoms with E-state index in [-0.39, 0.29) is 23.7 Å². The molecule has 2 aromatic carbocycles. The average Bonchev–Trinajstić information content (AvgIpc) is 3.53. The highest BCUT2D eigenvalue weighted by molar-refractivity contribution is 6.99. The van der Waals surface area contributed by atoms with Gasteiger partial charge in [-0.2, -0.15) is 0 Å². The third kappa shape index (κ3) is 6.57. The van der Waals surface area contributed by atoms with Gasteiger partial charge in [0.2, 0.25) is 0 Å². The molecular formula is C28H40O5Si. The number of aliphatic hydroxyl groups excluding tert-OH is 1. The molecule has 1 N–H and O–H groups in total. The number of esters is 1. The molecule has 1 saturated heterocycles. The van der Waals surface area contributed by atoms with Crippen LogP contribution < -0.4 is 10.4 Å². The van der Waals surface area contributed by atoms with Gasteiger partial charge in [0.15, 0.2) is 0 Å². The molecule has 2 aromatic rings. The minimum absolute atomic E-state index is 0.0415. The van der Waals surface area contributed by atoms with Crippen LogP contribution in [0.1, 0.15) is 60.8 Å². The van der Waals surface area contributed by atoms with E-state index in [0.717, 1.165) is 12.8 Å². The van der Waals surface area contributed by atoms with Crippen molar-refractivity contribution in [3.8, 4) is 0 Å². The van der Waals surface area contributed by atoms with Crippen molar-refractivity contribution in [1.29, 1.82) is 0 Å². The van der Waals surface area contributed by atoms with Crippen LogP contribution in [0.3, 0.4) is 0 Å². The van der Waals surface area contributed by atoms with Crippen molar-refractivity contribution >= 4 is 24.7 Å². The third-order valence-electron chi connectivity index (χ3n) is 6.17. The molecular weight excluding hydrogens is 444 g/mol. The Bertz CT molecular complexity index is 878. The Morgan fingerprint density at radius 2 is 1.50 bits per heavy atom. The maximum atomic E-state index is 12.0. The van der Waals surface area contributed by atoms with Crippen molar-refractivity contribution in [2.45, 2.75) is 89.8 Å². The van der Waals surface area contributed by atoms with Gasteiger partial charge in [-0.3, -0.25) is 4.79 Å². The van der Waals surface area contributed by atoms with E-state index in [2.05, 4.69) is 69.3 Å². The summed E-state index contributed by atoms with van der Waals surface area (Å²) in [6.07, 6.45) is 0.383. The van der Waals surface area contributed by atoms with Gasteiger partial charge in [-0.1, -0.05) is 81.4 Å². The van der Waals surface area contributed by atoms with Gasteiger partial charge in [0.05, 0.1) is 18.6 Å². The molecule has 1 aliphatic heterocycles. The Hall–Kier alpha value is -1.99. The van der Waals surface area contributed by atoms with Gasteiger partial charge in [0, 0.05) is 6.61 Å². The second-order valence-corrected chi connectivity index (χ2v) is 15.5. The number of rotatable bonds is 10.